The molecule has 3 N–H and O–H groups in total. The molecule has 3 heteroatoms. The molecular weight excluding hydrogens is 384 g/mol. The van der Waals surface area contributed by atoms with Crippen LogP contribution in [0.2, 0.25) is 0 Å². The molecule has 0 bridgehead atoms. The first-order valence-corrected chi connectivity index (χ1v) is 13.5. The Hall–Kier alpha value is -0.120. The molecule has 31 heavy (non-hydrogen) atoms. The van der Waals surface area contributed by atoms with Crippen molar-refractivity contribution in [2.45, 2.75) is 118 Å². The summed E-state index contributed by atoms with van der Waals surface area (Å²) in [6.45, 7) is 13.7. The first-order valence-electron chi connectivity index (χ1n) is 13.5. The van der Waals surface area contributed by atoms with Gasteiger partial charge in [-0.15, -0.1) is 0 Å². The maximum Gasteiger partial charge on any atom is 0.0830 e. The first-order chi connectivity index (χ1) is 14.5. The van der Waals surface area contributed by atoms with Gasteiger partial charge < -0.3 is 15.3 Å². The molecule has 12 atom stereocenters. The van der Waals surface area contributed by atoms with E-state index in [-0.39, 0.29) is 17.9 Å². The Bertz CT molecular complexity index is 634. The van der Waals surface area contributed by atoms with Crippen LogP contribution in [0.15, 0.2) is 0 Å². The summed E-state index contributed by atoms with van der Waals surface area (Å²) >= 11 is 0. The highest BCUT2D eigenvalue weighted by molar-refractivity contribution is 5.10. The molecule has 4 rings (SSSR count). The van der Waals surface area contributed by atoms with E-state index in [2.05, 4.69) is 41.5 Å². The Morgan fingerprint density at radius 2 is 1.39 bits per heavy atom. The molecule has 0 radical (unpaired) electrons. The molecule has 3 nitrogen and oxygen atoms in total. The molecule has 4 aliphatic rings. The lowest BCUT2D eigenvalue weighted by atomic mass is 9.44. The van der Waals surface area contributed by atoms with Gasteiger partial charge in [0.25, 0.3) is 0 Å². The van der Waals surface area contributed by atoms with Crippen molar-refractivity contribution in [3.05, 3.63) is 0 Å². The zero-order chi connectivity index (χ0) is 22.7. The standard InChI is InChI=1S/C28H50O3/c1-16(2)17(3)25(30)26(31)18(4)22-9-10-23-21-8-7-19-15-20(29)11-13-27(19,5)24(21)12-14-28(22,23)6/h16-26,29-31H,7-15H2,1-6H3/t17-,18-,19?,20-,21?,22+,23?,24?,25+,26+,27-,28+/m0/s1. The second-order valence-corrected chi connectivity index (χ2v) is 13.3. The second kappa shape index (κ2) is 8.58. The summed E-state index contributed by atoms with van der Waals surface area (Å²) in [4.78, 5) is 0. The molecule has 4 fully saturated rings. The van der Waals surface area contributed by atoms with Gasteiger partial charge in [-0.3, -0.25) is 0 Å². The first kappa shape index (κ1) is 24.0. The van der Waals surface area contributed by atoms with Crippen molar-refractivity contribution in [3.8, 4) is 0 Å². The van der Waals surface area contributed by atoms with Crippen LogP contribution in [-0.4, -0.2) is 33.6 Å². The van der Waals surface area contributed by atoms with E-state index in [4.69, 9.17) is 0 Å². The van der Waals surface area contributed by atoms with E-state index >= 15 is 0 Å². The van der Waals surface area contributed by atoms with Crippen LogP contribution in [0.1, 0.15) is 99.3 Å². The quantitative estimate of drug-likeness (QED) is 0.523. The minimum absolute atomic E-state index is 0.0682. The molecule has 0 saturated heterocycles. The highest BCUT2D eigenvalue weighted by Crippen LogP contribution is 2.68. The van der Waals surface area contributed by atoms with Crippen molar-refractivity contribution in [1.82, 2.24) is 0 Å². The maximum atomic E-state index is 11.1. The van der Waals surface area contributed by atoms with Crippen molar-refractivity contribution >= 4 is 0 Å². The average molecular weight is 435 g/mol. The zero-order valence-corrected chi connectivity index (χ0v) is 21.1. The Labute approximate surface area is 191 Å². The van der Waals surface area contributed by atoms with Gasteiger partial charge in [0, 0.05) is 0 Å². The third-order valence-electron chi connectivity index (χ3n) is 11.8. The minimum Gasteiger partial charge on any atom is -0.393 e. The molecule has 4 saturated carbocycles. The summed E-state index contributed by atoms with van der Waals surface area (Å²) in [7, 11) is 0. The van der Waals surface area contributed by atoms with Crippen LogP contribution >= 0.6 is 0 Å². The normalized spacial score (nSPS) is 49.0. The van der Waals surface area contributed by atoms with Gasteiger partial charge in [0.2, 0.25) is 0 Å². The van der Waals surface area contributed by atoms with Gasteiger partial charge in [-0.2, -0.15) is 0 Å². The summed E-state index contributed by atoms with van der Waals surface area (Å²) in [6.07, 6.45) is 9.68. The lowest BCUT2D eigenvalue weighted by Crippen LogP contribution is -2.54. The number of aliphatic hydroxyl groups is 3. The highest BCUT2D eigenvalue weighted by Gasteiger charge is 2.61. The summed E-state index contributed by atoms with van der Waals surface area (Å²) in [5, 5.41) is 32.3. The Balaban J connectivity index is 1.51. The van der Waals surface area contributed by atoms with E-state index in [1.54, 1.807) is 0 Å². The molecule has 0 aromatic heterocycles. The molecule has 0 aliphatic heterocycles. The molecule has 0 amide bonds. The van der Waals surface area contributed by atoms with Gasteiger partial charge in [-0.25, -0.2) is 0 Å². The molecule has 0 heterocycles. The lowest BCUT2D eigenvalue weighted by molar-refractivity contribution is -0.136. The van der Waals surface area contributed by atoms with Gasteiger partial charge in [0.15, 0.2) is 0 Å². The van der Waals surface area contributed by atoms with Crippen LogP contribution in [-0.2, 0) is 0 Å². The van der Waals surface area contributed by atoms with Crippen LogP contribution in [0.5, 0.6) is 0 Å². The SMILES string of the molecule is CC(C)[C@H](C)[C@@H](O)[C@H](O)[C@@H](C)[C@H]1CCC2C3CCC4C[C@@H](O)CC[C@]4(C)C3CC[C@@]21C. The van der Waals surface area contributed by atoms with Gasteiger partial charge >= 0.3 is 0 Å². The van der Waals surface area contributed by atoms with E-state index in [1.165, 1.54) is 44.9 Å². The smallest absolute Gasteiger partial charge is 0.0830 e. The zero-order valence-electron chi connectivity index (χ0n) is 21.1. The maximum absolute atomic E-state index is 11.1. The van der Waals surface area contributed by atoms with Gasteiger partial charge in [-0.1, -0.05) is 41.5 Å². The summed E-state index contributed by atoms with van der Waals surface area (Å²) in [6, 6.07) is 0. The fraction of sp³-hybridized carbons (Fsp3) is 1.00. The molecule has 180 valence electrons. The minimum atomic E-state index is -0.628. The monoisotopic (exact) mass is 434 g/mol. The van der Waals surface area contributed by atoms with Crippen LogP contribution in [0, 0.1) is 58.2 Å². The number of hydrogen-bond acceptors (Lipinski definition) is 3. The molecule has 4 aliphatic carbocycles. The van der Waals surface area contributed by atoms with E-state index in [0.717, 1.165) is 30.6 Å². The number of hydrogen-bond donors (Lipinski definition) is 3. The fourth-order valence-electron chi connectivity index (χ4n) is 9.39. The predicted molar refractivity (Wildman–Crippen MR) is 126 cm³/mol. The molecule has 0 aromatic carbocycles. The largest absolute Gasteiger partial charge is 0.393 e. The molecule has 0 spiro atoms. The number of aliphatic hydroxyl groups excluding tert-OH is 3. The van der Waals surface area contributed by atoms with Gasteiger partial charge in [-0.05, 0) is 116 Å². The van der Waals surface area contributed by atoms with Crippen molar-refractivity contribution in [2.75, 3.05) is 0 Å². The number of fused-ring (bicyclic) bond motifs is 5. The van der Waals surface area contributed by atoms with E-state index in [1.807, 2.05) is 0 Å². The third-order valence-corrected chi connectivity index (χ3v) is 11.8. The number of rotatable bonds is 5. The summed E-state index contributed by atoms with van der Waals surface area (Å²) in [5.74, 6) is 4.30. The van der Waals surface area contributed by atoms with E-state index < -0.39 is 12.2 Å². The Morgan fingerprint density at radius 3 is 2.06 bits per heavy atom. The van der Waals surface area contributed by atoms with E-state index in [9.17, 15) is 15.3 Å². The van der Waals surface area contributed by atoms with Crippen LogP contribution in [0.4, 0.5) is 0 Å². The molecule has 4 unspecified atom stereocenters. The molecule has 0 aromatic rings. The van der Waals surface area contributed by atoms with Crippen molar-refractivity contribution in [3.63, 3.8) is 0 Å². The van der Waals surface area contributed by atoms with Crippen molar-refractivity contribution in [1.29, 1.82) is 0 Å². The van der Waals surface area contributed by atoms with Crippen molar-refractivity contribution < 1.29 is 15.3 Å². The Morgan fingerprint density at radius 1 is 0.742 bits per heavy atom. The average Bonchev–Trinajstić information content (AvgIpc) is 3.09. The Kier molecular flexibility index (Phi) is 6.65. The fourth-order valence-corrected chi connectivity index (χ4v) is 9.39. The summed E-state index contributed by atoms with van der Waals surface area (Å²) < 4.78 is 0. The predicted octanol–water partition coefficient (Wildman–Crippen LogP) is 5.66. The van der Waals surface area contributed by atoms with E-state index in [0.29, 0.717) is 28.6 Å². The van der Waals surface area contributed by atoms with Gasteiger partial charge in [0.1, 0.15) is 0 Å². The molecular formula is C28H50O3. The van der Waals surface area contributed by atoms with Crippen molar-refractivity contribution in [2.24, 2.45) is 58.2 Å². The topological polar surface area (TPSA) is 60.7 Å². The van der Waals surface area contributed by atoms with Crippen LogP contribution < -0.4 is 0 Å². The highest BCUT2D eigenvalue weighted by atomic mass is 16.3. The lowest BCUT2D eigenvalue weighted by Gasteiger charge is -2.61. The second-order valence-electron chi connectivity index (χ2n) is 13.3. The van der Waals surface area contributed by atoms with Crippen LogP contribution in [0.3, 0.4) is 0 Å². The summed E-state index contributed by atoms with van der Waals surface area (Å²) in [5.41, 5.74) is 0.731. The van der Waals surface area contributed by atoms with Gasteiger partial charge in [0.05, 0.1) is 18.3 Å². The van der Waals surface area contributed by atoms with Crippen LogP contribution in [0.25, 0.3) is 0 Å². The third kappa shape index (κ3) is 3.83.